The van der Waals surface area contributed by atoms with Crippen LogP contribution in [-0.2, 0) is 0 Å². The summed E-state index contributed by atoms with van der Waals surface area (Å²) >= 11 is 0. The number of aliphatic hydroxyl groups is 2. The highest BCUT2D eigenvalue weighted by molar-refractivity contribution is 6.04. The molecule has 2 atom stereocenters. The Morgan fingerprint density at radius 2 is 1.05 bits per heavy atom. The highest BCUT2D eigenvalue weighted by Crippen LogP contribution is 2.48. The molecule has 2 N–H and O–H groups in total. The van der Waals surface area contributed by atoms with Crippen molar-refractivity contribution in [2.24, 2.45) is 0 Å². The van der Waals surface area contributed by atoms with Crippen LogP contribution in [0, 0.1) is 0 Å². The van der Waals surface area contributed by atoms with Crippen molar-refractivity contribution in [3.63, 3.8) is 0 Å². The Balaban J connectivity index is 1.77. The van der Waals surface area contributed by atoms with Gasteiger partial charge in [-0.15, -0.1) is 36.9 Å². The van der Waals surface area contributed by atoms with E-state index in [0.29, 0.717) is 0 Å². The summed E-state index contributed by atoms with van der Waals surface area (Å²) in [5, 5.41) is 20.4. The van der Waals surface area contributed by atoms with Crippen LogP contribution in [-0.4, -0.2) is 10.2 Å². The van der Waals surface area contributed by atoms with Crippen LogP contribution in [0.15, 0.2) is 141 Å². The van der Waals surface area contributed by atoms with Gasteiger partial charge in [-0.05, 0) is 11.1 Å². The fourth-order valence-electron chi connectivity index (χ4n) is 4.81. The standard InChI is InChI=1S/C35H29O2/c1-3-32(36)26-19-15-24(16-20-26)30-23-31(25-17-21-27(22-18-25)33(37)4-2)35(29-13-9-6-10-14-29)34(30)28-11-7-5-8-12-28/h3-23,32-33,36-37H,1-2H2/q-1. The molecule has 0 saturated heterocycles. The smallest absolute Gasteiger partial charge is 0.0969 e. The van der Waals surface area contributed by atoms with Crippen molar-refractivity contribution in [1.82, 2.24) is 0 Å². The van der Waals surface area contributed by atoms with Gasteiger partial charge in [0, 0.05) is 0 Å². The molecule has 5 aromatic rings. The van der Waals surface area contributed by atoms with Crippen molar-refractivity contribution in [1.29, 1.82) is 0 Å². The fraction of sp³-hybridized carbons (Fsp3) is 0.0571. The van der Waals surface area contributed by atoms with Crippen molar-refractivity contribution in [3.05, 3.63) is 152 Å². The Bertz CT molecular complexity index is 1380. The molecule has 0 aliphatic carbocycles. The van der Waals surface area contributed by atoms with Crippen LogP contribution in [0.3, 0.4) is 0 Å². The van der Waals surface area contributed by atoms with E-state index in [1.807, 2.05) is 36.4 Å². The molecule has 182 valence electrons. The van der Waals surface area contributed by atoms with Gasteiger partial charge in [-0.3, -0.25) is 0 Å². The maximum atomic E-state index is 10.2. The molecule has 0 fully saturated rings. The molecule has 5 aromatic carbocycles. The lowest BCUT2D eigenvalue weighted by Crippen LogP contribution is -1.92. The molecule has 2 nitrogen and oxygen atoms in total. The van der Waals surface area contributed by atoms with Crippen molar-refractivity contribution >= 4 is 0 Å². The third-order valence-corrected chi connectivity index (χ3v) is 6.78. The molecule has 2 unspecified atom stereocenters. The predicted molar refractivity (Wildman–Crippen MR) is 154 cm³/mol. The van der Waals surface area contributed by atoms with E-state index in [4.69, 9.17) is 0 Å². The summed E-state index contributed by atoms with van der Waals surface area (Å²) in [6, 6.07) is 39.2. The Morgan fingerprint density at radius 1 is 0.568 bits per heavy atom. The summed E-state index contributed by atoms with van der Waals surface area (Å²) in [6.07, 6.45) is 1.68. The Morgan fingerprint density at radius 3 is 1.57 bits per heavy atom. The van der Waals surface area contributed by atoms with Gasteiger partial charge in [0.15, 0.2) is 0 Å². The minimum atomic E-state index is -0.692. The molecule has 0 bridgehead atoms. The summed E-state index contributed by atoms with van der Waals surface area (Å²) < 4.78 is 0. The van der Waals surface area contributed by atoms with Crippen molar-refractivity contribution in [2.75, 3.05) is 0 Å². The number of rotatable bonds is 8. The van der Waals surface area contributed by atoms with Crippen LogP contribution < -0.4 is 0 Å². The zero-order valence-electron chi connectivity index (χ0n) is 20.6. The van der Waals surface area contributed by atoms with E-state index in [1.54, 1.807) is 0 Å². The second kappa shape index (κ2) is 10.7. The molecule has 0 spiro atoms. The largest absolute Gasteiger partial charge is 0.384 e. The first-order valence-corrected chi connectivity index (χ1v) is 12.4. The van der Waals surface area contributed by atoms with Gasteiger partial charge in [0.1, 0.15) is 0 Å². The lowest BCUT2D eigenvalue weighted by atomic mass is 9.91. The fourth-order valence-corrected chi connectivity index (χ4v) is 4.81. The number of hydrogen-bond donors (Lipinski definition) is 2. The van der Waals surface area contributed by atoms with Gasteiger partial charge in [-0.2, -0.15) is 0 Å². The van der Waals surface area contributed by atoms with Crippen LogP contribution in [0.5, 0.6) is 0 Å². The van der Waals surface area contributed by atoms with Gasteiger partial charge in [0.2, 0.25) is 0 Å². The summed E-state index contributed by atoms with van der Waals surface area (Å²) in [5.41, 5.74) is 10.6. The first-order chi connectivity index (χ1) is 18.1. The van der Waals surface area contributed by atoms with E-state index >= 15 is 0 Å². The van der Waals surface area contributed by atoms with E-state index in [0.717, 1.165) is 55.6 Å². The van der Waals surface area contributed by atoms with Gasteiger partial charge in [-0.25, -0.2) is 0 Å². The molecule has 0 aliphatic heterocycles. The molecule has 0 heterocycles. The summed E-state index contributed by atoms with van der Waals surface area (Å²) in [6.45, 7) is 7.41. The zero-order chi connectivity index (χ0) is 25.8. The van der Waals surface area contributed by atoms with Crippen LogP contribution >= 0.6 is 0 Å². The second-order valence-electron chi connectivity index (χ2n) is 9.06. The van der Waals surface area contributed by atoms with E-state index < -0.39 is 12.2 Å². The van der Waals surface area contributed by atoms with Gasteiger partial charge < -0.3 is 10.2 Å². The summed E-state index contributed by atoms with van der Waals surface area (Å²) in [5.74, 6) is 0. The molecule has 0 amide bonds. The topological polar surface area (TPSA) is 40.5 Å². The van der Waals surface area contributed by atoms with Gasteiger partial charge in [-0.1, -0.05) is 148 Å². The molecule has 0 aliphatic rings. The SMILES string of the molecule is C=CC(O)c1ccc(-c2c[c-](-c3ccc(C(O)C=C)cc3)c(-c3ccccc3)c2-c2ccccc2)cc1. The number of aliphatic hydroxyl groups excluding tert-OH is 2. The molecule has 0 aromatic heterocycles. The van der Waals surface area contributed by atoms with Crippen molar-refractivity contribution in [2.45, 2.75) is 12.2 Å². The minimum absolute atomic E-state index is 0.692. The molecular formula is C35H29O2-. The van der Waals surface area contributed by atoms with Crippen LogP contribution in [0.25, 0.3) is 44.5 Å². The number of hydrogen-bond acceptors (Lipinski definition) is 2. The minimum Gasteiger partial charge on any atom is -0.384 e. The highest BCUT2D eigenvalue weighted by atomic mass is 16.3. The van der Waals surface area contributed by atoms with Crippen LogP contribution in [0.1, 0.15) is 23.3 Å². The maximum absolute atomic E-state index is 10.2. The average Bonchev–Trinajstić information content (AvgIpc) is 3.38. The average molecular weight is 482 g/mol. The Labute approximate surface area is 218 Å². The Kier molecular flexibility index (Phi) is 7.04. The van der Waals surface area contributed by atoms with E-state index in [-0.39, 0.29) is 0 Å². The molecular weight excluding hydrogens is 452 g/mol. The first kappa shape index (κ1) is 24.3. The predicted octanol–water partition coefficient (Wildman–Crippen LogP) is 8.51. The second-order valence-corrected chi connectivity index (χ2v) is 9.06. The zero-order valence-corrected chi connectivity index (χ0v) is 20.6. The number of benzene rings is 4. The molecule has 37 heavy (non-hydrogen) atoms. The van der Waals surface area contributed by atoms with E-state index in [9.17, 15) is 10.2 Å². The molecule has 0 saturated carbocycles. The van der Waals surface area contributed by atoms with Crippen molar-refractivity contribution in [3.8, 4) is 44.5 Å². The van der Waals surface area contributed by atoms with E-state index in [1.165, 1.54) is 12.2 Å². The van der Waals surface area contributed by atoms with Crippen LogP contribution in [0.2, 0.25) is 0 Å². The van der Waals surface area contributed by atoms with Gasteiger partial charge >= 0.3 is 0 Å². The van der Waals surface area contributed by atoms with Gasteiger partial charge in [0.25, 0.3) is 0 Å². The lowest BCUT2D eigenvalue weighted by molar-refractivity contribution is 0.229. The normalized spacial score (nSPS) is 12.6. The first-order valence-electron chi connectivity index (χ1n) is 12.4. The quantitative estimate of drug-likeness (QED) is 0.172. The molecule has 5 rings (SSSR count). The summed E-state index contributed by atoms with van der Waals surface area (Å²) in [4.78, 5) is 0. The van der Waals surface area contributed by atoms with E-state index in [2.05, 4.69) is 92.0 Å². The van der Waals surface area contributed by atoms with Gasteiger partial charge in [0.05, 0.1) is 12.2 Å². The highest BCUT2D eigenvalue weighted by Gasteiger charge is 2.16. The maximum Gasteiger partial charge on any atom is 0.0969 e. The van der Waals surface area contributed by atoms with Crippen molar-refractivity contribution < 1.29 is 10.2 Å². The molecule has 0 radical (unpaired) electrons. The third kappa shape index (κ3) is 4.85. The summed E-state index contributed by atoms with van der Waals surface area (Å²) in [7, 11) is 0. The molecule has 2 heteroatoms. The monoisotopic (exact) mass is 481 g/mol. The Hall–Kier alpha value is -4.37. The third-order valence-electron chi connectivity index (χ3n) is 6.78. The lowest BCUT2D eigenvalue weighted by Gasteiger charge is -2.18. The van der Waals surface area contributed by atoms with Crippen LogP contribution in [0.4, 0.5) is 0 Å².